The molecular weight excluding hydrogens is 288 g/mol. The van der Waals surface area contributed by atoms with Gasteiger partial charge in [-0.2, -0.15) is 0 Å². The van der Waals surface area contributed by atoms with E-state index in [2.05, 4.69) is 13.8 Å². The van der Waals surface area contributed by atoms with Crippen molar-refractivity contribution in [2.24, 2.45) is 0 Å². The van der Waals surface area contributed by atoms with Crippen LogP contribution in [0.4, 0.5) is 0 Å². The lowest BCUT2D eigenvalue weighted by Gasteiger charge is -2.15. The maximum Gasteiger partial charge on any atom is 0.193 e. The van der Waals surface area contributed by atoms with Gasteiger partial charge in [0.2, 0.25) is 0 Å². The summed E-state index contributed by atoms with van der Waals surface area (Å²) in [6.45, 7) is 8.07. The van der Waals surface area contributed by atoms with E-state index in [0.717, 1.165) is 33.8 Å². The molecule has 0 heterocycles. The standard InChI is InChI=1S/C20H24O3/c1-12(2)17-11-15(7-8-18(17)23-6)20(21)19-13(3)9-16(22-5)10-14(19)4/h7-12H,1-6H3. The monoisotopic (exact) mass is 312 g/mol. The SMILES string of the molecule is COc1cc(C)c(C(=O)c2ccc(OC)c(C(C)C)c2)c(C)c1. The van der Waals surface area contributed by atoms with Gasteiger partial charge in [0, 0.05) is 11.1 Å². The van der Waals surface area contributed by atoms with Crippen molar-refractivity contribution in [3.63, 3.8) is 0 Å². The van der Waals surface area contributed by atoms with E-state index in [4.69, 9.17) is 9.47 Å². The molecule has 2 rings (SSSR count). The van der Waals surface area contributed by atoms with Gasteiger partial charge in [0.15, 0.2) is 5.78 Å². The molecule has 0 spiro atoms. The maximum absolute atomic E-state index is 13.0. The third kappa shape index (κ3) is 3.39. The first-order chi connectivity index (χ1) is 10.9. The minimum Gasteiger partial charge on any atom is -0.497 e. The van der Waals surface area contributed by atoms with E-state index in [0.29, 0.717) is 5.56 Å². The number of hydrogen-bond donors (Lipinski definition) is 0. The summed E-state index contributed by atoms with van der Waals surface area (Å²) in [5.41, 5.74) is 4.32. The number of carbonyl (C=O) groups is 1. The van der Waals surface area contributed by atoms with Gasteiger partial charge >= 0.3 is 0 Å². The van der Waals surface area contributed by atoms with Gasteiger partial charge in [-0.3, -0.25) is 4.79 Å². The first-order valence-corrected chi connectivity index (χ1v) is 7.76. The molecule has 0 radical (unpaired) electrons. The molecule has 0 atom stereocenters. The Hall–Kier alpha value is -2.29. The Labute approximate surface area is 138 Å². The smallest absolute Gasteiger partial charge is 0.193 e. The van der Waals surface area contributed by atoms with Gasteiger partial charge in [0.25, 0.3) is 0 Å². The quantitative estimate of drug-likeness (QED) is 0.752. The Morgan fingerprint density at radius 1 is 0.957 bits per heavy atom. The predicted molar refractivity (Wildman–Crippen MR) is 93.0 cm³/mol. The Morgan fingerprint density at radius 2 is 1.57 bits per heavy atom. The lowest BCUT2D eigenvalue weighted by atomic mass is 9.92. The first kappa shape index (κ1) is 17.1. The summed E-state index contributed by atoms with van der Waals surface area (Å²) >= 11 is 0. The number of carbonyl (C=O) groups excluding carboxylic acids is 1. The molecular formula is C20H24O3. The zero-order valence-electron chi connectivity index (χ0n) is 14.7. The molecule has 0 aromatic heterocycles. The van der Waals surface area contributed by atoms with E-state index < -0.39 is 0 Å². The average Bonchev–Trinajstić information content (AvgIpc) is 2.53. The molecule has 122 valence electrons. The summed E-state index contributed by atoms with van der Waals surface area (Å²) in [5.74, 6) is 1.91. The van der Waals surface area contributed by atoms with Crippen LogP contribution in [0.15, 0.2) is 30.3 Å². The maximum atomic E-state index is 13.0. The number of ether oxygens (including phenoxy) is 2. The van der Waals surface area contributed by atoms with Crippen LogP contribution in [0, 0.1) is 13.8 Å². The second-order valence-corrected chi connectivity index (χ2v) is 6.08. The Bertz CT molecular complexity index is 707. The van der Waals surface area contributed by atoms with Gasteiger partial charge in [-0.1, -0.05) is 13.8 Å². The van der Waals surface area contributed by atoms with Crippen LogP contribution in [0.25, 0.3) is 0 Å². The number of benzene rings is 2. The molecule has 0 N–H and O–H groups in total. The predicted octanol–water partition coefficient (Wildman–Crippen LogP) is 4.68. The molecule has 3 nitrogen and oxygen atoms in total. The zero-order valence-corrected chi connectivity index (χ0v) is 14.7. The van der Waals surface area contributed by atoms with Crippen LogP contribution >= 0.6 is 0 Å². The molecule has 0 aliphatic rings. The highest BCUT2D eigenvalue weighted by Crippen LogP contribution is 2.30. The molecule has 0 saturated carbocycles. The molecule has 0 bridgehead atoms. The minimum absolute atomic E-state index is 0.0345. The van der Waals surface area contributed by atoms with E-state index in [1.165, 1.54) is 0 Å². The fraction of sp³-hybridized carbons (Fsp3) is 0.350. The third-order valence-electron chi connectivity index (χ3n) is 4.08. The average molecular weight is 312 g/mol. The molecule has 0 unspecified atom stereocenters. The number of aryl methyl sites for hydroxylation is 2. The number of hydrogen-bond acceptors (Lipinski definition) is 3. The summed E-state index contributed by atoms with van der Waals surface area (Å²) < 4.78 is 10.7. The zero-order chi connectivity index (χ0) is 17.1. The molecule has 0 amide bonds. The van der Waals surface area contributed by atoms with E-state index in [1.807, 2.05) is 44.2 Å². The lowest BCUT2D eigenvalue weighted by Crippen LogP contribution is -2.08. The Morgan fingerprint density at radius 3 is 2.04 bits per heavy atom. The van der Waals surface area contributed by atoms with Crippen molar-refractivity contribution < 1.29 is 14.3 Å². The third-order valence-corrected chi connectivity index (χ3v) is 4.08. The van der Waals surface area contributed by atoms with Crippen molar-refractivity contribution >= 4 is 5.78 Å². The second-order valence-electron chi connectivity index (χ2n) is 6.08. The van der Waals surface area contributed by atoms with Gasteiger partial charge in [-0.15, -0.1) is 0 Å². The normalized spacial score (nSPS) is 10.7. The Balaban J connectivity index is 2.51. The molecule has 0 aliphatic heterocycles. The first-order valence-electron chi connectivity index (χ1n) is 7.76. The summed E-state index contributed by atoms with van der Waals surface area (Å²) in [6.07, 6.45) is 0. The van der Waals surface area contributed by atoms with Crippen molar-refractivity contribution in [3.05, 3.63) is 58.1 Å². The van der Waals surface area contributed by atoms with Crippen LogP contribution in [-0.2, 0) is 0 Å². The van der Waals surface area contributed by atoms with Gasteiger partial charge < -0.3 is 9.47 Å². The van der Waals surface area contributed by atoms with Gasteiger partial charge in [-0.05, 0) is 66.8 Å². The van der Waals surface area contributed by atoms with Crippen LogP contribution in [-0.4, -0.2) is 20.0 Å². The van der Waals surface area contributed by atoms with Crippen LogP contribution in [0.2, 0.25) is 0 Å². The van der Waals surface area contributed by atoms with Crippen LogP contribution < -0.4 is 9.47 Å². The molecule has 0 saturated heterocycles. The molecule has 3 heteroatoms. The molecule has 2 aromatic carbocycles. The fourth-order valence-electron chi connectivity index (χ4n) is 2.87. The number of ketones is 1. The highest BCUT2D eigenvalue weighted by atomic mass is 16.5. The van der Waals surface area contributed by atoms with E-state index in [-0.39, 0.29) is 11.7 Å². The van der Waals surface area contributed by atoms with Crippen molar-refractivity contribution in [1.82, 2.24) is 0 Å². The summed E-state index contributed by atoms with van der Waals surface area (Å²) in [5, 5.41) is 0. The fourth-order valence-corrected chi connectivity index (χ4v) is 2.87. The van der Waals surface area contributed by atoms with E-state index in [9.17, 15) is 4.79 Å². The van der Waals surface area contributed by atoms with Crippen LogP contribution in [0.1, 0.15) is 52.4 Å². The van der Waals surface area contributed by atoms with Crippen LogP contribution in [0.3, 0.4) is 0 Å². The highest BCUT2D eigenvalue weighted by Gasteiger charge is 2.18. The summed E-state index contributed by atoms with van der Waals surface area (Å²) in [6, 6.07) is 9.43. The largest absolute Gasteiger partial charge is 0.497 e. The number of rotatable bonds is 5. The lowest BCUT2D eigenvalue weighted by molar-refractivity contribution is 0.103. The van der Waals surface area contributed by atoms with Crippen LogP contribution in [0.5, 0.6) is 11.5 Å². The Kier molecular flexibility index (Phi) is 5.09. The van der Waals surface area contributed by atoms with Crippen molar-refractivity contribution in [3.8, 4) is 11.5 Å². The van der Waals surface area contributed by atoms with Gasteiger partial charge in [0.1, 0.15) is 11.5 Å². The molecule has 0 fully saturated rings. The van der Waals surface area contributed by atoms with Gasteiger partial charge in [0.05, 0.1) is 14.2 Å². The van der Waals surface area contributed by atoms with Crippen molar-refractivity contribution in [2.75, 3.05) is 14.2 Å². The second kappa shape index (κ2) is 6.86. The summed E-state index contributed by atoms with van der Waals surface area (Å²) in [7, 11) is 3.29. The molecule has 0 aliphatic carbocycles. The van der Waals surface area contributed by atoms with E-state index in [1.54, 1.807) is 14.2 Å². The highest BCUT2D eigenvalue weighted by molar-refractivity contribution is 6.11. The summed E-state index contributed by atoms with van der Waals surface area (Å²) in [4.78, 5) is 13.0. The van der Waals surface area contributed by atoms with E-state index >= 15 is 0 Å². The van der Waals surface area contributed by atoms with Crippen molar-refractivity contribution in [2.45, 2.75) is 33.6 Å². The van der Waals surface area contributed by atoms with Gasteiger partial charge in [-0.25, -0.2) is 0 Å². The molecule has 23 heavy (non-hydrogen) atoms. The topological polar surface area (TPSA) is 35.5 Å². The van der Waals surface area contributed by atoms with Crippen molar-refractivity contribution in [1.29, 1.82) is 0 Å². The number of methoxy groups -OCH3 is 2. The molecule has 2 aromatic rings. The minimum atomic E-state index is 0.0345.